The predicted molar refractivity (Wildman–Crippen MR) is 102 cm³/mol. The van der Waals surface area contributed by atoms with Gasteiger partial charge in [0.15, 0.2) is 0 Å². The predicted octanol–water partition coefficient (Wildman–Crippen LogP) is 3.74. The zero-order valence-electron chi connectivity index (χ0n) is 16.3. The lowest BCUT2D eigenvalue weighted by Crippen LogP contribution is -2.23. The van der Waals surface area contributed by atoms with Crippen LogP contribution >= 0.6 is 0 Å². The highest BCUT2D eigenvalue weighted by atomic mass is 16.5. The third-order valence-corrected chi connectivity index (χ3v) is 4.54. The second-order valence-corrected chi connectivity index (χ2v) is 6.87. The number of aldehydes is 1. The summed E-state index contributed by atoms with van der Waals surface area (Å²) in [6, 6.07) is 0. The minimum absolute atomic E-state index is 0.0863. The molecule has 0 atom stereocenters. The Labute approximate surface area is 161 Å². The van der Waals surface area contributed by atoms with Crippen molar-refractivity contribution in [1.29, 1.82) is 0 Å². The van der Waals surface area contributed by atoms with Gasteiger partial charge < -0.3 is 19.0 Å². The van der Waals surface area contributed by atoms with Gasteiger partial charge in [0, 0.05) is 19.4 Å². The van der Waals surface area contributed by atoms with E-state index in [9.17, 15) is 14.4 Å². The molecule has 0 aliphatic heterocycles. The van der Waals surface area contributed by atoms with Gasteiger partial charge in [0.05, 0.1) is 19.1 Å². The SMILES string of the molecule is C=C(/C=C\COCCCCCCOC(C)=O)OC(=O)C1CCC(C=O)CC1. The highest BCUT2D eigenvalue weighted by molar-refractivity contribution is 5.74. The topological polar surface area (TPSA) is 78.9 Å². The van der Waals surface area contributed by atoms with E-state index in [4.69, 9.17) is 14.2 Å². The number of rotatable bonds is 13. The largest absolute Gasteiger partial charge is 0.466 e. The monoisotopic (exact) mass is 380 g/mol. The second-order valence-electron chi connectivity index (χ2n) is 6.87. The van der Waals surface area contributed by atoms with E-state index in [0.29, 0.717) is 38.4 Å². The van der Waals surface area contributed by atoms with Crippen LogP contribution in [0.2, 0.25) is 0 Å². The van der Waals surface area contributed by atoms with E-state index < -0.39 is 0 Å². The van der Waals surface area contributed by atoms with Crippen molar-refractivity contribution < 1.29 is 28.6 Å². The van der Waals surface area contributed by atoms with Crippen LogP contribution in [0.15, 0.2) is 24.5 Å². The lowest BCUT2D eigenvalue weighted by Gasteiger charge is -2.23. The Balaban J connectivity index is 2.00. The van der Waals surface area contributed by atoms with E-state index in [1.54, 1.807) is 12.2 Å². The van der Waals surface area contributed by atoms with Crippen LogP contribution in [0.3, 0.4) is 0 Å². The molecular formula is C21H32O6. The number of carbonyl (C=O) groups excluding carboxylic acids is 3. The summed E-state index contributed by atoms with van der Waals surface area (Å²) in [5.41, 5.74) is 0. The van der Waals surface area contributed by atoms with Gasteiger partial charge >= 0.3 is 11.9 Å². The molecule has 1 saturated carbocycles. The van der Waals surface area contributed by atoms with Crippen molar-refractivity contribution in [3.05, 3.63) is 24.5 Å². The van der Waals surface area contributed by atoms with Crippen LogP contribution < -0.4 is 0 Å². The molecule has 27 heavy (non-hydrogen) atoms. The number of unbranched alkanes of at least 4 members (excludes halogenated alkanes) is 3. The Morgan fingerprint density at radius 3 is 2.33 bits per heavy atom. The van der Waals surface area contributed by atoms with Gasteiger partial charge in [-0.15, -0.1) is 0 Å². The number of ether oxygens (including phenoxy) is 3. The first kappa shape index (κ1) is 23.1. The van der Waals surface area contributed by atoms with Crippen LogP contribution in [-0.4, -0.2) is 38.0 Å². The molecule has 0 heterocycles. The van der Waals surface area contributed by atoms with Crippen molar-refractivity contribution in [1.82, 2.24) is 0 Å². The fourth-order valence-electron chi connectivity index (χ4n) is 2.94. The Bertz CT molecular complexity index is 503. The first-order valence-corrected chi connectivity index (χ1v) is 9.76. The summed E-state index contributed by atoms with van der Waals surface area (Å²) in [5, 5.41) is 0. The normalized spacial score (nSPS) is 19.6. The van der Waals surface area contributed by atoms with Gasteiger partial charge in [-0.1, -0.05) is 19.1 Å². The van der Waals surface area contributed by atoms with E-state index >= 15 is 0 Å². The summed E-state index contributed by atoms with van der Waals surface area (Å²) in [7, 11) is 0. The Hall–Kier alpha value is -1.95. The van der Waals surface area contributed by atoms with Gasteiger partial charge in [0.25, 0.3) is 0 Å². The molecule has 1 aliphatic carbocycles. The van der Waals surface area contributed by atoms with E-state index in [1.807, 2.05) is 0 Å². The van der Waals surface area contributed by atoms with E-state index in [-0.39, 0.29) is 23.8 Å². The van der Waals surface area contributed by atoms with Crippen molar-refractivity contribution in [2.75, 3.05) is 19.8 Å². The molecule has 0 spiro atoms. The number of hydrogen-bond acceptors (Lipinski definition) is 6. The molecule has 152 valence electrons. The second kappa shape index (κ2) is 14.2. The summed E-state index contributed by atoms with van der Waals surface area (Å²) in [4.78, 5) is 33.4. The van der Waals surface area contributed by atoms with Gasteiger partial charge in [-0.3, -0.25) is 9.59 Å². The quantitative estimate of drug-likeness (QED) is 0.159. The van der Waals surface area contributed by atoms with Gasteiger partial charge in [-0.2, -0.15) is 0 Å². The summed E-state index contributed by atoms with van der Waals surface area (Å²) >= 11 is 0. The smallest absolute Gasteiger partial charge is 0.314 e. The maximum atomic E-state index is 12.1. The zero-order chi connectivity index (χ0) is 19.9. The Morgan fingerprint density at radius 1 is 1.04 bits per heavy atom. The third-order valence-electron chi connectivity index (χ3n) is 4.54. The van der Waals surface area contributed by atoms with Gasteiger partial charge in [-0.05, 0) is 51.0 Å². The Morgan fingerprint density at radius 2 is 1.70 bits per heavy atom. The highest BCUT2D eigenvalue weighted by Crippen LogP contribution is 2.28. The van der Waals surface area contributed by atoms with Crippen LogP contribution in [0, 0.1) is 11.8 Å². The molecule has 1 aliphatic rings. The minimum atomic E-state index is -0.260. The van der Waals surface area contributed by atoms with Crippen LogP contribution in [-0.2, 0) is 28.6 Å². The minimum Gasteiger partial charge on any atom is -0.466 e. The molecule has 1 rings (SSSR count). The molecule has 6 nitrogen and oxygen atoms in total. The number of allylic oxidation sites excluding steroid dienone is 1. The van der Waals surface area contributed by atoms with Crippen molar-refractivity contribution >= 4 is 18.2 Å². The molecular weight excluding hydrogens is 348 g/mol. The molecule has 0 radical (unpaired) electrons. The molecule has 0 aromatic rings. The fourth-order valence-corrected chi connectivity index (χ4v) is 2.94. The molecule has 0 bridgehead atoms. The van der Waals surface area contributed by atoms with Crippen molar-refractivity contribution in [3.8, 4) is 0 Å². The molecule has 0 unspecified atom stereocenters. The molecule has 6 heteroatoms. The lowest BCUT2D eigenvalue weighted by atomic mass is 9.83. The van der Waals surface area contributed by atoms with Crippen molar-refractivity contribution in [2.24, 2.45) is 11.8 Å². The van der Waals surface area contributed by atoms with E-state index in [2.05, 4.69) is 6.58 Å². The molecule has 0 aromatic carbocycles. The van der Waals surface area contributed by atoms with Crippen LogP contribution in [0.1, 0.15) is 58.3 Å². The highest BCUT2D eigenvalue weighted by Gasteiger charge is 2.27. The van der Waals surface area contributed by atoms with Crippen LogP contribution in [0.5, 0.6) is 0 Å². The van der Waals surface area contributed by atoms with Gasteiger partial charge in [0.1, 0.15) is 12.0 Å². The van der Waals surface area contributed by atoms with Crippen molar-refractivity contribution in [3.63, 3.8) is 0 Å². The average Bonchev–Trinajstić information content (AvgIpc) is 2.65. The molecule has 0 amide bonds. The first-order chi connectivity index (χ1) is 13.0. The molecule has 0 N–H and O–H groups in total. The van der Waals surface area contributed by atoms with Gasteiger partial charge in [-0.25, -0.2) is 0 Å². The maximum Gasteiger partial charge on any atom is 0.314 e. The zero-order valence-corrected chi connectivity index (χ0v) is 16.3. The summed E-state index contributed by atoms with van der Waals surface area (Å²) in [6.07, 6.45) is 11.2. The molecule has 0 aromatic heterocycles. The summed E-state index contributed by atoms with van der Waals surface area (Å²) in [6.45, 7) is 6.73. The van der Waals surface area contributed by atoms with Crippen molar-refractivity contribution in [2.45, 2.75) is 58.3 Å². The van der Waals surface area contributed by atoms with E-state index in [1.165, 1.54) is 6.92 Å². The lowest BCUT2D eigenvalue weighted by molar-refractivity contribution is -0.145. The van der Waals surface area contributed by atoms with E-state index in [0.717, 1.165) is 44.8 Å². The molecule has 1 fully saturated rings. The average molecular weight is 380 g/mol. The number of esters is 2. The first-order valence-electron chi connectivity index (χ1n) is 9.76. The van der Waals surface area contributed by atoms with Gasteiger partial charge in [0.2, 0.25) is 0 Å². The Kier molecular flexibility index (Phi) is 12.1. The number of carbonyl (C=O) groups is 3. The fraction of sp³-hybridized carbons (Fsp3) is 0.667. The van der Waals surface area contributed by atoms with Crippen LogP contribution in [0.25, 0.3) is 0 Å². The van der Waals surface area contributed by atoms with Crippen LogP contribution in [0.4, 0.5) is 0 Å². The maximum absolute atomic E-state index is 12.1. The summed E-state index contributed by atoms with van der Waals surface area (Å²) in [5.74, 6) is -0.232. The summed E-state index contributed by atoms with van der Waals surface area (Å²) < 4.78 is 15.6. The third kappa shape index (κ3) is 11.4. The molecule has 0 saturated heterocycles. The standard InChI is InChI=1S/C21H32O6/c1-17(27-21(24)20-11-9-19(16-22)10-12-20)8-7-14-25-13-5-3-4-6-15-26-18(2)23/h7-8,16,19-20H,1,3-6,9-15H2,2H3/b8-7-. The number of hydrogen-bond donors (Lipinski definition) is 0.